The van der Waals surface area contributed by atoms with Crippen LogP contribution in [0.1, 0.15) is 18.1 Å². The molecule has 1 N–H and O–H groups in total. The molecule has 0 aliphatic carbocycles. The standard InChI is InChI=1S/C20H21NO4/c1-3-24-20(22)21-18-13-25-19-10-9-15(23-2)12-17(19)16(18)11-14-7-5-4-6-8-14/h4-12,18H,3,13H2,1-2H3,(H,21,22)/b16-11-. The van der Waals surface area contributed by atoms with Gasteiger partial charge < -0.3 is 19.5 Å². The molecule has 0 radical (unpaired) electrons. The first-order valence-electron chi connectivity index (χ1n) is 8.22. The van der Waals surface area contributed by atoms with Crippen molar-refractivity contribution in [2.24, 2.45) is 0 Å². The van der Waals surface area contributed by atoms with Gasteiger partial charge in [0.1, 0.15) is 18.1 Å². The maximum Gasteiger partial charge on any atom is 0.407 e. The van der Waals surface area contributed by atoms with Gasteiger partial charge in [-0.1, -0.05) is 30.3 Å². The molecule has 0 saturated carbocycles. The number of carbonyl (C=O) groups excluding carboxylic acids is 1. The van der Waals surface area contributed by atoms with E-state index in [9.17, 15) is 4.79 Å². The van der Waals surface area contributed by atoms with Gasteiger partial charge in [0.25, 0.3) is 0 Å². The third kappa shape index (κ3) is 3.94. The molecule has 1 aliphatic rings. The number of carbonyl (C=O) groups is 1. The molecule has 0 saturated heterocycles. The van der Waals surface area contributed by atoms with E-state index in [0.29, 0.717) is 13.2 Å². The third-order valence-electron chi connectivity index (χ3n) is 3.97. The van der Waals surface area contributed by atoms with E-state index in [1.165, 1.54) is 0 Å². The van der Waals surface area contributed by atoms with E-state index >= 15 is 0 Å². The highest BCUT2D eigenvalue weighted by Gasteiger charge is 2.27. The Kier molecular flexibility index (Phi) is 5.23. The average molecular weight is 339 g/mol. The van der Waals surface area contributed by atoms with Crippen LogP contribution in [-0.2, 0) is 4.74 Å². The highest BCUT2D eigenvalue weighted by molar-refractivity contribution is 5.89. The summed E-state index contributed by atoms with van der Waals surface area (Å²) < 4.78 is 16.2. The molecule has 1 heterocycles. The summed E-state index contributed by atoms with van der Waals surface area (Å²) in [6.45, 7) is 2.44. The average Bonchev–Trinajstić information content (AvgIpc) is 2.64. The lowest BCUT2D eigenvalue weighted by atomic mass is 9.93. The van der Waals surface area contributed by atoms with Gasteiger partial charge in [0, 0.05) is 5.56 Å². The molecule has 25 heavy (non-hydrogen) atoms. The minimum Gasteiger partial charge on any atom is -0.497 e. The Balaban J connectivity index is 2.01. The van der Waals surface area contributed by atoms with Crippen molar-refractivity contribution < 1.29 is 19.0 Å². The minimum absolute atomic E-state index is 0.307. The Bertz CT molecular complexity index is 771. The van der Waals surface area contributed by atoms with Gasteiger partial charge in [-0.2, -0.15) is 0 Å². The molecule has 0 spiro atoms. The summed E-state index contributed by atoms with van der Waals surface area (Å²) in [7, 11) is 1.63. The first-order valence-corrected chi connectivity index (χ1v) is 8.22. The zero-order chi connectivity index (χ0) is 17.6. The van der Waals surface area contributed by atoms with Crippen LogP contribution < -0.4 is 14.8 Å². The Morgan fingerprint density at radius 2 is 2.08 bits per heavy atom. The number of methoxy groups -OCH3 is 1. The van der Waals surface area contributed by atoms with Gasteiger partial charge in [-0.15, -0.1) is 0 Å². The van der Waals surface area contributed by atoms with Gasteiger partial charge in [-0.3, -0.25) is 0 Å². The normalized spacial score (nSPS) is 17.4. The summed E-state index contributed by atoms with van der Waals surface area (Å²) in [6.07, 6.45) is 1.60. The van der Waals surface area contributed by atoms with Crippen molar-refractivity contribution in [2.75, 3.05) is 20.3 Å². The van der Waals surface area contributed by atoms with Crippen molar-refractivity contribution in [3.8, 4) is 11.5 Å². The fourth-order valence-corrected chi connectivity index (χ4v) is 2.78. The molecule has 3 rings (SSSR count). The fourth-order valence-electron chi connectivity index (χ4n) is 2.78. The highest BCUT2D eigenvalue weighted by Crippen LogP contribution is 2.37. The fraction of sp³-hybridized carbons (Fsp3) is 0.250. The van der Waals surface area contributed by atoms with Gasteiger partial charge in [0.05, 0.1) is 19.8 Å². The molecular weight excluding hydrogens is 318 g/mol. The number of hydrogen-bond acceptors (Lipinski definition) is 4. The summed E-state index contributed by atoms with van der Waals surface area (Å²) in [6, 6.07) is 15.3. The van der Waals surface area contributed by atoms with E-state index in [0.717, 1.165) is 28.2 Å². The number of rotatable bonds is 4. The lowest BCUT2D eigenvalue weighted by Gasteiger charge is -2.29. The topological polar surface area (TPSA) is 56.8 Å². The van der Waals surface area contributed by atoms with Crippen molar-refractivity contribution in [3.63, 3.8) is 0 Å². The molecule has 5 heteroatoms. The maximum atomic E-state index is 11.9. The summed E-state index contributed by atoms with van der Waals surface area (Å²) in [5.41, 5.74) is 2.90. The molecule has 5 nitrogen and oxygen atoms in total. The second kappa shape index (κ2) is 7.75. The Morgan fingerprint density at radius 3 is 2.80 bits per heavy atom. The van der Waals surface area contributed by atoms with Crippen molar-refractivity contribution >= 4 is 17.7 Å². The zero-order valence-corrected chi connectivity index (χ0v) is 14.3. The van der Waals surface area contributed by atoms with Crippen LogP contribution in [0.3, 0.4) is 0 Å². The third-order valence-corrected chi connectivity index (χ3v) is 3.97. The molecule has 2 aromatic carbocycles. The number of ether oxygens (including phenoxy) is 3. The van der Waals surface area contributed by atoms with Crippen molar-refractivity contribution in [1.29, 1.82) is 0 Å². The number of alkyl carbamates (subject to hydrolysis) is 1. The van der Waals surface area contributed by atoms with E-state index < -0.39 is 6.09 Å². The smallest absolute Gasteiger partial charge is 0.407 e. The van der Waals surface area contributed by atoms with Crippen LogP contribution in [0.25, 0.3) is 11.6 Å². The van der Waals surface area contributed by atoms with Gasteiger partial charge in [0.15, 0.2) is 0 Å². The predicted molar refractivity (Wildman–Crippen MR) is 96.7 cm³/mol. The maximum absolute atomic E-state index is 11.9. The molecule has 2 aromatic rings. The predicted octanol–water partition coefficient (Wildman–Crippen LogP) is 3.74. The van der Waals surface area contributed by atoms with Gasteiger partial charge in [-0.25, -0.2) is 4.79 Å². The number of nitrogens with one attached hydrogen (secondary N) is 1. The Labute approximate surface area is 147 Å². The molecule has 0 aromatic heterocycles. The number of hydrogen-bond donors (Lipinski definition) is 1. The number of fused-ring (bicyclic) bond motifs is 1. The first kappa shape index (κ1) is 16.9. The van der Waals surface area contributed by atoms with E-state index in [1.54, 1.807) is 14.0 Å². The lowest BCUT2D eigenvalue weighted by molar-refractivity contribution is 0.146. The van der Waals surface area contributed by atoms with E-state index in [-0.39, 0.29) is 6.04 Å². The van der Waals surface area contributed by atoms with Crippen LogP contribution in [0, 0.1) is 0 Å². The monoisotopic (exact) mass is 339 g/mol. The van der Waals surface area contributed by atoms with Crippen LogP contribution in [-0.4, -0.2) is 32.5 Å². The van der Waals surface area contributed by atoms with Crippen LogP contribution in [0.5, 0.6) is 11.5 Å². The van der Waals surface area contributed by atoms with Gasteiger partial charge in [-0.05, 0) is 42.3 Å². The number of benzene rings is 2. The van der Waals surface area contributed by atoms with Gasteiger partial charge in [0.2, 0.25) is 0 Å². The lowest BCUT2D eigenvalue weighted by Crippen LogP contribution is -2.42. The summed E-state index contributed by atoms with van der Waals surface area (Å²) in [4.78, 5) is 11.9. The second-order valence-corrected chi connectivity index (χ2v) is 5.60. The summed E-state index contributed by atoms with van der Waals surface area (Å²) >= 11 is 0. The molecule has 1 aliphatic heterocycles. The summed E-state index contributed by atoms with van der Waals surface area (Å²) in [5, 5.41) is 2.87. The van der Waals surface area contributed by atoms with E-state index in [1.807, 2.05) is 48.5 Å². The van der Waals surface area contributed by atoms with E-state index in [2.05, 4.69) is 11.4 Å². The molecular formula is C20H21NO4. The zero-order valence-electron chi connectivity index (χ0n) is 14.3. The highest BCUT2D eigenvalue weighted by atomic mass is 16.5. The van der Waals surface area contributed by atoms with Gasteiger partial charge >= 0.3 is 6.09 Å². The minimum atomic E-state index is -0.457. The van der Waals surface area contributed by atoms with Crippen molar-refractivity contribution in [2.45, 2.75) is 13.0 Å². The number of amides is 1. The van der Waals surface area contributed by atoms with Crippen LogP contribution in [0.4, 0.5) is 4.79 Å². The largest absolute Gasteiger partial charge is 0.497 e. The van der Waals surface area contributed by atoms with Crippen molar-refractivity contribution in [1.82, 2.24) is 5.32 Å². The Morgan fingerprint density at radius 1 is 1.28 bits per heavy atom. The van der Waals surface area contributed by atoms with Crippen LogP contribution >= 0.6 is 0 Å². The molecule has 1 atom stereocenters. The van der Waals surface area contributed by atoms with Crippen molar-refractivity contribution in [3.05, 3.63) is 59.7 Å². The SMILES string of the molecule is CCOC(=O)NC1COc2ccc(OC)cc2/C1=C/c1ccccc1. The Hall–Kier alpha value is -2.95. The van der Waals surface area contributed by atoms with E-state index in [4.69, 9.17) is 14.2 Å². The quantitative estimate of drug-likeness (QED) is 0.922. The first-order chi connectivity index (χ1) is 12.2. The molecule has 1 unspecified atom stereocenters. The van der Waals surface area contributed by atoms with Crippen LogP contribution in [0.15, 0.2) is 48.5 Å². The summed E-state index contributed by atoms with van der Waals surface area (Å²) in [5.74, 6) is 1.50. The molecule has 1 amide bonds. The second-order valence-electron chi connectivity index (χ2n) is 5.60. The molecule has 0 fully saturated rings. The van der Waals surface area contributed by atoms with Crippen LogP contribution in [0.2, 0.25) is 0 Å². The molecule has 130 valence electrons. The molecule has 0 bridgehead atoms.